The highest BCUT2D eigenvalue weighted by molar-refractivity contribution is 5.81. The first-order valence-electron chi connectivity index (χ1n) is 7.58. The van der Waals surface area contributed by atoms with Crippen molar-refractivity contribution < 1.29 is 9.23 Å². The van der Waals surface area contributed by atoms with Gasteiger partial charge in [0.15, 0.2) is 11.5 Å². The fourth-order valence-electron chi connectivity index (χ4n) is 2.67. The van der Waals surface area contributed by atoms with Crippen LogP contribution in [0.2, 0.25) is 0 Å². The third kappa shape index (κ3) is 2.55. The summed E-state index contributed by atoms with van der Waals surface area (Å²) < 4.78 is 14.6. The molecular formula is C18H14FN5O. The summed E-state index contributed by atoms with van der Waals surface area (Å²) in [6.07, 6.45) is 1.61. The largest absolute Gasteiger partial charge is 0.413 e. The minimum Gasteiger partial charge on any atom is -0.413 e. The van der Waals surface area contributed by atoms with Crippen molar-refractivity contribution in [1.29, 1.82) is 0 Å². The van der Waals surface area contributed by atoms with Gasteiger partial charge in [0, 0.05) is 11.8 Å². The van der Waals surface area contributed by atoms with Gasteiger partial charge in [0.05, 0.1) is 11.3 Å². The average molecular weight is 335 g/mol. The van der Waals surface area contributed by atoms with Crippen LogP contribution in [0, 0.1) is 5.82 Å². The van der Waals surface area contributed by atoms with Crippen molar-refractivity contribution >= 4 is 17.0 Å². The van der Waals surface area contributed by atoms with E-state index in [1.807, 2.05) is 18.2 Å². The molecule has 7 heteroatoms. The number of fused-ring (bicyclic) bond motifs is 1. The predicted molar refractivity (Wildman–Crippen MR) is 93.1 cm³/mol. The second-order valence-corrected chi connectivity index (χ2v) is 5.39. The first kappa shape index (κ1) is 15.1. The van der Waals surface area contributed by atoms with Crippen molar-refractivity contribution in [3.8, 4) is 22.6 Å². The maximum Gasteiger partial charge on any atom is 0.197 e. The molecule has 0 fully saturated rings. The number of hydrogen-bond donors (Lipinski definition) is 1. The summed E-state index contributed by atoms with van der Waals surface area (Å²) in [4.78, 5) is 18.7. The lowest BCUT2D eigenvalue weighted by atomic mass is 10.1. The van der Waals surface area contributed by atoms with Gasteiger partial charge in [-0.1, -0.05) is 0 Å². The van der Waals surface area contributed by atoms with E-state index in [0.717, 1.165) is 5.56 Å². The molecule has 4 rings (SSSR count). The van der Waals surface area contributed by atoms with Crippen LogP contribution in [0.25, 0.3) is 33.8 Å². The first-order valence-corrected chi connectivity index (χ1v) is 7.58. The topological polar surface area (TPSA) is 78.9 Å². The van der Waals surface area contributed by atoms with Crippen LogP contribution in [-0.4, -0.2) is 26.8 Å². The molecular weight excluding hydrogens is 321 g/mol. The van der Waals surface area contributed by atoms with Gasteiger partial charge in [-0.15, -0.1) is 4.73 Å². The molecule has 2 N–H and O–H groups in total. The molecule has 0 radical (unpaired) electrons. The number of nitrogen functional groups attached to an aromatic ring is 1. The molecule has 4 aromatic rings. The molecule has 0 saturated heterocycles. The third-order valence-electron chi connectivity index (χ3n) is 3.87. The Morgan fingerprint density at radius 3 is 2.56 bits per heavy atom. The van der Waals surface area contributed by atoms with E-state index in [2.05, 4.69) is 15.0 Å². The van der Waals surface area contributed by atoms with E-state index in [4.69, 9.17) is 10.6 Å². The molecule has 124 valence electrons. The molecule has 0 amide bonds. The van der Waals surface area contributed by atoms with Crippen LogP contribution < -0.4 is 10.6 Å². The Labute approximate surface area is 142 Å². The summed E-state index contributed by atoms with van der Waals surface area (Å²) in [5.41, 5.74) is 9.31. The maximum atomic E-state index is 13.1. The van der Waals surface area contributed by atoms with Gasteiger partial charge in [-0.25, -0.2) is 19.3 Å². The lowest BCUT2D eigenvalue weighted by Gasteiger charge is -2.08. The highest BCUT2D eigenvalue weighted by Gasteiger charge is 2.17. The number of aromatic nitrogens is 4. The van der Waals surface area contributed by atoms with Crippen LogP contribution >= 0.6 is 0 Å². The minimum atomic E-state index is -0.291. The van der Waals surface area contributed by atoms with Crippen molar-refractivity contribution in [2.75, 3.05) is 12.8 Å². The number of halogens is 1. The normalized spacial score (nSPS) is 11.0. The summed E-state index contributed by atoms with van der Waals surface area (Å²) in [5, 5.41) is 0. The number of rotatable bonds is 3. The predicted octanol–water partition coefficient (Wildman–Crippen LogP) is 2.94. The number of benzene rings is 1. The van der Waals surface area contributed by atoms with Crippen molar-refractivity contribution in [2.45, 2.75) is 0 Å². The number of nitrogens with two attached hydrogens (primary N) is 1. The van der Waals surface area contributed by atoms with E-state index < -0.39 is 0 Å². The van der Waals surface area contributed by atoms with Gasteiger partial charge in [-0.2, -0.15) is 0 Å². The summed E-state index contributed by atoms with van der Waals surface area (Å²) in [6, 6.07) is 13.4. The van der Waals surface area contributed by atoms with E-state index in [-0.39, 0.29) is 5.82 Å². The van der Waals surface area contributed by atoms with Crippen LogP contribution in [-0.2, 0) is 0 Å². The Hall–Kier alpha value is -3.48. The van der Waals surface area contributed by atoms with E-state index in [1.165, 1.54) is 24.0 Å². The molecule has 3 aromatic heterocycles. The summed E-state index contributed by atoms with van der Waals surface area (Å²) in [5.74, 6) is 0.586. The standard InChI is InChI=1S/C18H14FN5O/c1-25-24-17(13-3-2-10-21-16(13)20)23-15-9-8-14(22-18(15)24)11-4-6-12(19)7-5-11/h2-10H,1H3,(H2,20,21). The van der Waals surface area contributed by atoms with Gasteiger partial charge in [-0.05, 0) is 48.5 Å². The molecule has 0 atom stereocenters. The average Bonchev–Trinajstić information content (AvgIpc) is 3.00. The molecule has 6 nitrogen and oxygen atoms in total. The van der Waals surface area contributed by atoms with Crippen molar-refractivity contribution in [3.63, 3.8) is 0 Å². The Bertz CT molecular complexity index is 1060. The number of anilines is 1. The Balaban J connectivity index is 1.91. The summed E-state index contributed by atoms with van der Waals surface area (Å²) in [7, 11) is 1.53. The first-order chi connectivity index (χ1) is 12.2. The maximum absolute atomic E-state index is 13.1. The molecule has 0 spiro atoms. The van der Waals surface area contributed by atoms with Crippen molar-refractivity contribution in [2.24, 2.45) is 0 Å². The molecule has 0 aliphatic heterocycles. The third-order valence-corrected chi connectivity index (χ3v) is 3.87. The molecule has 3 heterocycles. The van der Waals surface area contributed by atoms with Gasteiger partial charge < -0.3 is 10.6 Å². The summed E-state index contributed by atoms with van der Waals surface area (Å²) in [6.45, 7) is 0. The lowest BCUT2D eigenvalue weighted by molar-refractivity contribution is 0.180. The summed E-state index contributed by atoms with van der Waals surface area (Å²) >= 11 is 0. The molecule has 1 aromatic carbocycles. The monoisotopic (exact) mass is 335 g/mol. The van der Waals surface area contributed by atoms with Crippen molar-refractivity contribution in [1.82, 2.24) is 19.7 Å². The number of nitrogens with zero attached hydrogens (tertiary/aromatic N) is 4. The second kappa shape index (κ2) is 5.86. The van der Waals surface area contributed by atoms with Crippen LogP contribution in [0.15, 0.2) is 54.7 Å². The molecule has 0 aliphatic carbocycles. The fraction of sp³-hybridized carbons (Fsp3) is 0.0556. The Morgan fingerprint density at radius 2 is 1.84 bits per heavy atom. The van der Waals surface area contributed by atoms with Gasteiger partial charge in [0.2, 0.25) is 0 Å². The number of hydrogen-bond acceptors (Lipinski definition) is 5. The molecule has 0 bridgehead atoms. The van der Waals surface area contributed by atoms with E-state index in [0.29, 0.717) is 34.1 Å². The highest BCUT2D eigenvalue weighted by atomic mass is 19.1. The smallest absolute Gasteiger partial charge is 0.197 e. The number of pyridine rings is 2. The quantitative estimate of drug-likeness (QED) is 0.623. The van der Waals surface area contributed by atoms with Gasteiger partial charge >= 0.3 is 0 Å². The van der Waals surface area contributed by atoms with Crippen LogP contribution in [0.5, 0.6) is 0 Å². The van der Waals surface area contributed by atoms with Crippen LogP contribution in [0.3, 0.4) is 0 Å². The SMILES string of the molecule is COn1c(-c2cccnc2N)nc2ccc(-c3ccc(F)cc3)nc21. The van der Waals surface area contributed by atoms with E-state index in [9.17, 15) is 4.39 Å². The molecule has 0 aliphatic rings. The zero-order valence-corrected chi connectivity index (χ0v) is 13.3. The highest BCUT2D eigenvalue weighted by Crippen LogP contribution is 2.28. The number of imidazole rings is 1. The van der Waals surface area contributed by atoms with Crippen molar-refractivity contribution in [3.05, 3.63) is 60.5 Å². The zero-order chi connectivity index (χ0) is 17.4. The van der Waals surface area contributed by atoms with E-state index >= 15 is 0 Å². The molecule has 0 unspecified atom stereocenters. The fourth-order valence-corrected chi connectivity index (χ4v) is 2.67. The lowest BCUT2D eigenvalue weighted by Crippen LogP contribution is -2.09. The van der Waals surface area contributed by atoms with Crippen LogP contribution in [0.1, 0.15) is 0 Å². The van der Waals surface area contributed by atoms with Crippen LogP contribution in [0.4, 0.5) is 10.2 Å². The van der Waals surface area contributed by atoms with Gasteiger partial charge in [0.25, 0.3) is 0 Å². The zero-order valence-electron chi connectivity index (χ0n) is 13.3. The van der Waals surface area contributed by atoms with Gasteiger partial charge in [0.1, 0.15) is 24.3 Å². The Morgan fingerprint density at radius 1 is 1.04 bits per heavy atom. The Kier molecular flexibility index (Phi) is 3.53. The second-order valence-electron chi connectivity index (χ2n) is 5.39. The minimum absolute atomic E-state index is 0.291. The van der Waals surface area contributed by atoms with Gasteiger partial charge in [-0.3, -0.25) is 0 Å². The molecule has 25 heavy (non-hydrogen) atoms. The van der Waals surface area contributed by atoms with E-state index in [1.54, 1.807) is 24.4 Å². The molecule has 0 saturated carbocycles.